The second-order valence-corrected chi connectivity index (χ2v) is 1.17. The topological polar surface area (TPSA) is 16.6 Å². The minimum Gasteiger partial charge on any atom is -0.323 e. The van der Waals surface area contributed by atoms with Crippen molar-refractivity contribution in [2.24, 2.45) is 0 Å². The lowest BCUT2D eigenvalue weighted by molar-refractivity contribution is -0.556. The summed E-state index contributed by atoms with van der Waals surface area (Å²) in [5.41, 5.74) is 0. The summed E-state index contributed by atoms with van der Waals surface area (Å²) < 4.78 is 0. The maximum atomic E-state index is 2.12. The van der Waals surface area contributed by atoms with E-state index in [2.05, 4.69) is 19.2 Å². The van der Waals surface area contributed by atoms with Crippen molar-refractivity contribution >= 4 is 0 Å². The van der Waals surface area contributed by atoms with Crippen LogP contribution in [0.3, 0.4) is 0 Å². The predicted molar refractivity (Wildman–Crippen MR) is 38.6 cm³/mol. The van der Waals surface area contributed by atoms with Gasteiger partial charge in [0.25, 0.3) is 0 Å². The Hall–Kier alpha value is -0.300. The second-order valence-electron chi connectivity index (χ2n) is 1.17. The van der Waals surface area contributed by atoms with Gasteiger partial charge in [-0.1, -0.05) is 20.8 Å². The van der Waals surface area contributed by atoms with Gasteiger partial charge in [0.05, 0.1) is 13.2 Å². The fourth-order valence-corrected chi connectivity index (χ4v) is 0.272. The Kier molecular flexibility index (Phi) is 21.1. The third kappa shape index (κ3) is 17.3. The summed E-state index contributed by atoms with van der Waals surface area (Å²) in [6.07, 6.45) is 5.32. The normalized spacial score (nSPS) is 8.50. The molecule has 0 aromatic rings. The number of rotatable bonds is 2. The van der Waals surface area contributed by atoms with E-state index in [0.29, 0.717) is 0 Å². The smallest absolute Gasteiger partial charge is 0.0882 e. The van der Waals surface area contributed by atoms with E-state index in [9.17, 15) is 0 Å². The molecule has 8 heavy (non-hydrogen) atoms. The third-order valence-electron chi connectivity index (χ3n) is 0.564. The van der Waals surface area contributed by atoms with Gasteiger partial charge in [-0.3, -0.25) is 0 Å². The van der Waals surface area contributed by atoms with Crippen molar-refractivity contribution in [2.75, 3.05) is 7.05 Å². The van der Waals surface area contributed by atoms with Crippen molar-refractivity contribution in [3.8, 4) is 0 Å². The highest BCUT2D eigenvalue weighted by molar-refractivity contribution is 4.66. The first-order valence-electron chi connectivity index (χ1n) is 3.36. The molecule has 0 saturated heterocycles. The van der Waals surface area contributed by atoms with Crippen molar-refractivity contribution in [3.05, 3.63) is 12.3 Å². The summed E-state index contributed by atoms with van der Waals surface area (Å²) in [6.45, 7) is 6.12. The highest BCUT2D eigenvalue weighted by Crippen LogP contribution is 1.69. The fourth-order valence-electron chi connectivity index (χ4n) is 0.272. The Bertz CT molecular complexity index is 33.7. The van der Waals surface area contributed by atoms with Crippen LogP contribution in [0, 0.1) is 0 Å². The minimum absolute atomic E-state index is 1.14. The van der Waals surface area contributed by atoms with Crippen LogP contribution in [0.1, 0.15) is 27.2 Å². The first-order chi connectivity index (χ1) is 3.91. The molecule has 0 saturated carbocycles. The van der Waals surface area contributed by atoms with Crippen LogP contribution in [0.4, 0.5) is 0 Å². The van der Waals surface area contributed by atoms with E-state index >= 15 is 0 Å². The summed E-state index contributed by atoms with van der Waals surface area (Å²) in [5, 5.41) is 2.03. The first kappa shape index (κ1) is 10.6. The number of quaternary nitrogens is 1. The van der Waals surface area contributed by atoms with Gasteiger partial charge in [0.1, 0.15) is 0 Å². The van der Waals surface area contributed by atoms with E-state index in [1.165, 1.54) is 0 Å². The maximum Gasteiger partial charge on any atom is 0.0882 e. The highest BCUT2D eigenvalue weighted by atomic mass is 14.8. The Balaban J connectivity index is 0. The van der Waals surface area contributed by atoms with E-state index in [1.807, 2.05) is 26.2 Å². The van der Waals surface area contributed by atoms with Crippen LogP contribution in [0.5, 0.6) is 0 Å². The number of allylic oxidation sites excluding steroid dienone is 1. The molecule has 50 valence electrons. The van der Waals surface area contributed by atoms with Crippen molar-refractivity contribution in [1.82, 2.24) is 0 Å². The third-order valence-corrected chi connectivity index (χ3v) is 0.564. The molecule has 0 aliphatic rings. The zero-order valence-electron chi connectivity index (χ0n) is 6.44. The standard InChI is InChI=1S/C5H11N.C2H6/c1-3-4-5-6-2;1-2/h4-6H,3H2,1-2H3;1-2H3/p+1/b5-4-;. The van der Waals surface area contributed by atoms with E-state index < -0.39 is 0 Å². The fraction of sp³-hybridized carbons (Fsp3) is 0.714. The van der Waals surface area contributed by atoms with E-state index in [4.69, 9.17) is 0 Å². The van der Waals surface area contributed by atoms with Crippen molar-refractivity contribution in [3.63, 3.8) is 0 Å². The molecule has 0 heterocycles. The zero-order chi connectivity index (χ0) is 6.83. The quantitative estimate of drug-likeness (QED) is 0.557. The predicted octanol–water partition coefficient (Wildman–Crippen LogP) is 1.13. The molecule has 0 rings (SSSR count). The Morgan fingerprint density at radius 2 is 1.88 bits per heavy atom. The average molecular weight is 116 g/mol. The molecule has 0 bridgehead atoms. The van der Waals surface area contributed by atoms with Crippen LogP contribution in [0.2, 0.25) is 0 Å². The van der Waals surface area contributed by atoms with Gasteiger partial charge < -0.3 is 5.32 Å². The molecule has 0 aliphatic carbocycles. The number of nitrogens with two attached hydrogens (primary N) is 1. The molecular weight excluding hydrogens is 98.1 g/mol. The largest absolute Gasteiger partial charge is 0.323 e. The summed E-state index contributed by atoms with van der Waals surface area (Å²) in [4.78, 5) is 0. The lowest BCUT2D eigenvalue weighted by Gasteiger charge is -1.73. The van der Waals surface area contributed by atoms with Crippen LogP contribution in [-0.4, -0.2) is 7.05 Å². The van der Waals surface area contributed by atoms with Gasteiger partial charge in [-0.05, 0) is 12.5 Å². The summed E-state index contributed by atoms with van der Waals surface area (Å²) >= 11 is 0. The van der Waals surface area contributed by atoms with Gasteiger partial charge in [-0.15, -0.1) is 0 Å². The SMILES string of the molecule is CC.CC/C=C\[NH2+]C. The molecule has 0 aromatic heterocycles. The highest BCUT2D eigenvalue weighted by Gasteiger charge is 1.61. The maximum absolute atomic E-state index is 2.12. The van der Waals surface area contributed by atoms with Gasteiger partial charge in [0, 0.05) is 0 Å². The van der Waals surface area contributed by atoms with Crippen LogP contribution in [0.15, 0.2) is 12.3 Å². The molecule has 1 heteroatoms. The summed E-state index contributed by atoms with van der Waals surface area (Å²) in [5.74, 6) is 0. The summed E-state index contributed by atoms with van der Waals surface area (Å²) in [7, 11) is 2.02. The Morgan fingerprint density at radius 1 is 1.38 bits per heavy atom. The van der Waals surface area contributed by atoms with Crippen LogP contribution < -0.4 is 5.32 Å². The molecule has 1 nitrogen and oxygen atoms in total. The molecular formula is C7H18N+. The van der Waals surface area contributed by atoms with Crippen LogP contribution >= 0.6 is 0 Å². The molecule has 0 aromatic carbocycles. The molecule has 0 radical (unpaired) electrons. The van der Waals surface area contributed by atoms with E-state index in [-0.39, 0.29) is 0 Å². The molecule has 0 unspecified atom stereocenters. The second kappa shape index (κ2) is 15.9. The van der Waals surface area contributed by atoms with E-state index in [0.717, 1.165) is 6.42 Å². The molecule has 2 N–H and O–H groups in total. The molecule has 0 fully saturated rings. The Labute approximate surface area is 52.8 Å². The van der Waals surface area contributed by atoms with Gasteiger partial charge in [-0.2, -0.15) is 0 Å². The Morgan fingerprint density at radius 3 is 2.00 bits per heavy atom. The minimum atomic E-state index is 1.14. The molecule has 0 atom stereocenters. The molecule has 0 amide bonds. The van der Waals surface area contributed by atoms with Crippen molar-refractivity contribution in [1.29, 1.82) is 0 Å². The van der Waals surface area contributed by atoms with Gasteiger partial charge in [0.15, 0.2) is 0 Å². The number of hydrogen-bond acceptors (Lipinski definition) is 0. The molecule has 0 aliphatic heterocycles. The van der Waals surface area contributed by atoms with Gasteiger partial charge >= 0.3 is 0 Å². The van der Waals surface area contributed by atoms with Gasteiger partial charge in [-0.25, -0.2) is 0 Å². The number of hydrogen-bond donors (Lipinski definition) is 1. The monoisotopic (exact) mass is 116 g/mol. The first-order valence-corrected chi connectivity index (χ1v) is 3.36. The molecule has 0 spiro atoms. The lowest BCUT2D eigenvalue weighted by Crippen LogP contribution is -2.72. The van der Waals surface area contributed by atoms with Crippen LogP contribution in [0.25, 0.3) is 0 Å². The van der Waals surface area contributed by atoms with Crippen molar-refractivity contribution in [2.45, 2.75) is 27.2 Å². The zero-order valence-corrected chi connectivity index (χ0v) is 6.44. The lowest BCUT2D eigenvalue weighted by atomic mass is 10.5. The van der Waals surface area contributed by atoms with Crippen LogP contribution in [-0.2, 0) is 0 Å². The van der Waals surface area contributed by atoms with Crippen molar-refractivity contribution < 1.29 is 5.32 Å². The van der Waals surface area contributed by atoms with Gasteiger partial charge in [0.2, 0.25) is 0 Å². The summed E-state index contributed by atoms with van der Waals surface area (Å²) in [6, 6.07) is 0. The van der Waals surface area contributed by atoms with E-state index in [1.54, 1.807) is 0 Å². The average Bonchev–Trinajstić information content (AvgIpc) is 1.88.